The van der Waals surface area contributed by atoms with E-state index in [9.17, 15) is 0 Å². The van der Waals surface area contributed by atoms with Gasteiger partial charge in [0, 0.05) is 0 Å². The normalized spacial score (nSPS) is 32.4. The van der Waals surface area contributed by atoms with Gasteiger partial charge in [0.2, 0.25) is 0 Å². The Balaban J connectivity index is 1.61. The molecule has 16 heavy (non-hydrogen) atoms. The third-order valence-corrected chi connectivity index (χ3v) is 4.17. The Morgan fingerprint density at radius 1 is 0.938 bits per heavy atom. The van der Waals surface area contributed by atoms with Crippen LogP contribution >= 0.6 is 0 Å². The fourth-order valence-electron chi connectivity index (χ4n) is 3.00. The van der Waals surface area contributed by atoms with Crippen LogP contribution in [0.1, 0.15) is 57.8 Å². The molecule has 0 N–H and O–H groups in total. The average molecular weight is 219 g/mol. The van der Waals surface area contributed by atoms with E-state index < -0.39 is 0 Å². The molecule has 0 saturated heterocycles. The Morgan fingerprint density at radius 2 is 1.62 bits per heavy atom. The van der Waals surface area contributed by atoms with E-state index in [1.807, 2.05) is 0 Å². The van der Waals surface area contributed by atoms with Crippen molar-refractivity contribution >= 4 is 0 Å². The summed E-state index contributed by atoms with van der Waals surface area (Å²) in [5, 5.41) is 0. The summed E-state index contributed by atoms with van der Waals surface area (Å²) in [6, 6.07) is 0. The van der Waals surface area contributed by atoms with Gasteiger partial charge in [-0.2, -0.15) is 0 Å². The number of ether oxygens (including phenoxy) is 1. The van der Waals surface area contributed by atoms with Gasteiger partial charge >= 0.3 is 99.4 Å². The van der Waals surface area contributed by atoms with E-state index in [1.54, 1.807) is 0 Å². The summed E-state index contributed by atoms with van der Waals surface area (Å²) in [5.74, 6) is 3.87. The first-order valence-electron chi connectivity index (χ1n) is 6.92. The molecular weight excluding hydrogens is 196 g/mol. The average Bonchev–Trinajstić information content (AvgIpc) is 2.38. The van der Waals surface area contributed by atoms with Gasteiger partial charge in [-0.1, -0.05) is 0 Å². The van der Waals surface area contributed by atoms with E-state index in [1.165, 1.54) is 32.1 Å². The van der Waals surface area contributed by atoms with E-state index in [2.05, 4.69) is 5.92 Å². The molecule has 0 bridgehead atoms. The molecule has 0 heterocycles. The Kier molecular flexibility index (Phi) is 4.93. The summed E-state index contributed by atoms with van der Waals surface area (Å²) in [6.45, 7) is 0.990. The zero-order chi connectivity index (χ0) is 11.2. The van der Waals surface area contributed by atoms with E-state index in [0.29, 0.717) is 12.0 Å². The third kappa shape index (κ3) is 3.64. The molecule has 0 unspecified atom stereocenters. The van der Waals surface area contributed by atoms with Crippen molar-refractivity contribution in [3.8, 4) is 5.92 Å². The molecule has 2 saturated carbocycles. The van der Waals surface area contributed by atoms with Crippen molar-refractivity contribution in [2.45, 2.75) is 63.9 Å². The van der Waals surface area contributed by atoms with Gasteiger partial charge in [0.25, 0.3) is 0 Å². The van der Waals surface area contributed by atoms with Gasteiger partial charge in [0.1, 0.15) is 0 Å². The first kappa shape index (κ1) is 12.2. The molecule has 0 radical (unpaired) electrons. The van der Waals surface area contributed by atoms with Crippen LogP contribution in [0.4, 0.5) is 0 Å². The Hall–Kier alpha value is -0.260. The van der Waals surface area contributed by atoms with Crippen LogP contribution in [0.3, 0.4) is 0 Å². The van der Waals surface area contributed by atoms with Crippen molar-refractivity contribution in [2.24, 2.45) is 11.8 Å². The van der Waals surface area contributed by atoms with Crippen molar-refractivity contribution in [1.29, 1.82) is 0 Å². The standard InChI is InChI=1S/C15H23O/c1-2-13-8-10-15(11-9-13)16-12-14-6-4-3-5-7-14/h13-15H,3-12H2/q+1. The SMILES string of the molecule is [C+]#CC1CCC(OCC2CCCCC2)CC1. The van der Waals surface area contributed by atoms with Gasteiger partial charge < -0.3 is 0 Å². The quantitative estimate of drug-likeness (QED) is 0.519. The van der Waals surface area contributed by atoms with E-state index in [4.69, 9.17) is 11.2 Å². The van der Waals surface area contributed by atoms with Crippen LogP contribution in [0.2, 0.25) is 0 Å². The Bertz CT molecular complexity index is 226. The fraction of sp³-hybridized carbons (Fsp3) is 0.867. The molecule has 0 aromatic rings. The number of hydrogen-bond donors (Lipinski definition) is 0. The molecule has 2 aliphatic rings. The van der Waals surface area contributed by atoms with Gasteiger partial charge in [0.05, 0.1) is 0 Å². The molecule has 0 aromatic carbocycles. The molecule has 1 nitrogen and oxygen atoms in total. The van der Waals surface area contributed by atoms with Gasteiger partial charge in [0.15, 0.2) is 0 Å². The predicted molar refractivity (Wildman–Crippen MR) is 65.4 cm³/mol. The van der Waals surface area contributed by atoms with Crippen LogP contribution in [0.25, 0.3) is 0 Å². The van der Waals surface area contributed by atoms with Gasteiger partial charge in [-0.25, -0.2) is 0 Å². The minimum absolute atomic E-state index is 0.412. The summed E-state index contributed by atoms with van der Waals surface area (Å²) < 4.78 is 6.03. The predicted octanol–water partition coefficient (Wildman–Crippen LogP) is 3.73. The van der Waals surface area contributed by atoms with Crippen molar-refractivity contribution < 1.29 is 4.74 Å². The molecular formula is C15H23O+. The van der Waals surface area contributed by atoms with Gasteiger partial charge in [-0.15, -0.1) is 0 Å². The van der Waals surface area contributed by atoms with Gasteiger partial charge in [-0.3, -0.25) is 0 Å². The second kappa shape index (κ2) is 6.47. The van der Waals surface area contributed by atoms with Crippen LogP contribution in [0.5, 0.6) is 0 Å². The molecule has 2 aliphatic carbocycles. The summed E-state index contributed by atoms with van der Waals surface area (Å²) in [5.41, 5.74) is 0. The van der Waals surface area contributed by atoms with Crippen molar-refractivity contribution in [3.63, 3.8) is 0 Å². The molecule has 0 aromatic heterocycles. The van der Waals surface area contributed by atoms with E-state index >= 15 is 0 Å². The van der Waals surface area contributed by atoms with Crippen LogP contribution < -0.4 is 0 Å². The molecule has 2 rings (SSSR count). The molecule has 1 heteroatoms. The second-order valence-electron chi connectivity index (χ2n) is 5.46. The summed E-state index contributed by atoms with van der Waals surface area (Å²) in [6.07, 6.45) is 19.1. The molecule has 2 fully saturated rings. The Labute approximate surface area is 99.9 Å². The maximum absolute atomic E-state index is 7.13. The van der Waals surface area contributed by atoms with Gasteiger partial charge in [-0.05, 0) is 0 Å². The van der Waals surface area contributed by atoms with E-state index in [-0.39, 0.29) is 0 Å². The third-order valence-electron chi connectivity index (χ3n) is 4.17. The van der Waals surface area contributed by atoms with Crippen molar-refractivity contribution in [3.05, 3.63) is 6.42 Å². The monoisotopic (exact) mass is 219 g/mol. The summed E-state index contributed by atoms with van der Waals surface area (Å²) in [4.78, 5) is 0. The van der Waals surface area contributed by atoms with Crippen LogP contribution in [-0.4, -0.2) is 12.7 Å². The fourth-order valence-corrected chi connectivity index (χ4v) is 3.00. The molecule has 88 valence electrons. The minimum atomic E-state index is 0.412. The van der Waals surface area contributed by atoms with E-state index in [0.717, 1.165) is 38.2 Å². The van der Waals surface area contributed by atoms with Crippen LogP contribution in [0, 0.1) is 24.2 Å². The van der Waals surface area contributed by atoms with Crippen LogP contribution in [0.15, 0.2) is 0 Å². The first-order valence-corrected chi connectivity index (χ1v) is 6.92. The van der Waals surface area contributed by atoms with Crippen molar-refractivity contribution in [2.75, 3.05) is 6.61 Å². The molecule has 0 aliphatic heterocycles. The number of rotatable bonds is 3. The van der Waals surface area contributed by atoms with Crippen LogP contribution in [-0.2, 0) is 4.74 Å². The Morgan fingerprint density at radius 3 is 2.25 bits per heavy atom. The molecule has 0 amide bonds. The maximum atomic E-state index is 7.13. The number of hydrogen-bond acceptors (Lipinski definition) is 1. The molecule has 0 atom stereocenters. The second-order valence-corrected chi connectivity index (χ2v) is 5.46. The zero-order valence-electron chi connectivity index (χ0n) is 10.2. The topological polar surface area (TPSA) is 9.23 Å². The summed E-state index contributed by atoms with van der Waals surface area (Å²) in [7, 11) is 0. The summed E-state index contributed by atoms with van der Waals surface area (Å²) >= 11 is 0. The zero-order valence-corrected chi connectivity index (χ0v) is 10.2. The first-order chi connectivity index (χ1) is 7.88. The molecule has 0 spiro atoms. The van der Waals surface area contributed by atoms with Crippen molar-refractivity contribution in [1.82, 2.24) is 0 Å².